The van der Waals surface area contributed by atoms with Crippen LogP contribution < -0.4 is 10.5 Å². The van der Waals surface area contributed by atoms with Crippen LogP contribution in [-0.4, -0.2) is 62.7 Å². The summed E-state index contributed by atoms with van der Waals surface area (Å²) in [7, 11) is -3.08. The van der Waals surface area contributed by atoms with Gasteiger partial charge in [0.05, 0.1) is 5.75 Å². The molecular weight excluding hydrogens is 399 g/mol. The predicted octanol–water partition coefficient (Wildman–Crippen LogP) is 0.297. The standard InChI is InChI=1S/C10H22N4O2S2.HI/c1-2-18(15,16)13-5-3-4-12-10(11)14-6-8-17-9-7-14;/h13H,2-9H2,1H3,(H2,11,12);1H. The lowest BCUT2D eigenvalue weighted by Crippen LogP contribution is -2.42. The van der Waals surface area contributed by atoms with E-state index in [0.29, 0.717) is 25.5 Å². The Balaban J connectivity index is 0.00000324. The SMILES string of the molecule is CCS(=O)(=O)NCCCN=C(N)N1CCSCC1.I. The molecule has 0 unspecified atom stereocenters. The molecule has 1 fully saturated rings. The molecule has 6 nitrogen and oxygen atoms in total. The number of rotatable bonds is 6. The number of guanidine groups is 1. The lowest BCUT2D eigenvalue weighted by Gasteiger charge is -2.27. The van der Waals surface area contributed by atoms with E-state index in [1.165, 1.54) is 0 Å². The van der Waals surface area contributed by atoms with Crippen molar-refractivity contribution in [3.05, 3.63) is 0 Å². The number of sulfonamides is 1. The fourth-order valence-electron chi connectivity index (χ4n) is 1.49. The molecule has 0 atom stereocenters. The number of nitrogens with one attached hydrogen (secondary N) is 1. The molecule has 0 bridgehead atoms. The van der Waals surface area contributed by atoms with Gasteiger partial charge < -0.3 is 10.6 Å². The number of hydrogen-bond acceptors (Lipinski definition) is 4. The first-order chi connectivity index (χ1) is 8.55. The summed E-state index contributed by atoms with van der Waals surface area (Å²) in [6.07, 6.45) is 0.669. The number of nitrogens with zero attached hydrogens (tertiary/aromatic N) is 2. The van der Waals surface area contributed by atoms with Crippen LogP contribution in [0.3, 0.4) is 0 Å². The minimum absolute atomic E-state index is 0. The summed E-state index contributed by atoms with van der Waals surface area (Å²) in [5.41, 5.74) is 5.87. The summed E-state index contributed by atoms with van der Waals surface area (Å²) < 4.78 is 24.8. The molecule has 0 amide bonds. The molecule has 1 rings (SSSR count). The number of aliphatic imine (C=N–C) groups is 1. The van der Waals surface area contributed by atoms with Gasteiger partial charge in [0.2, 0.25) is 10.0 Å². The van der Waals surface area contributed by atoms with Crippen LogP contribution in [0.1, 0.15) is 13.3 Å². The van der Waals surface area contributed by atoms with E-state index in [1.807, 2.05) is 11.8 Å². The van der Waals surface area contributed by atoms with Crippen molar-refractivity contribution in [1.29, 1.82) is 0 Å². The molecule has 1 aliphatic rings. The van der Waals surface area contributed by atoms with Crippen molar-refractivity contribution in [3.8, 4) is 0 Å². The van der Waals surface area contributed by atoms with Gasteiger partial charge in [-0.25, -0.2) is 13.1 Å². The number of nitrogens with two attached hydrogens (primary N) is 1. The van der Waals surface area contributed by atoms with Crippen molar-refractivity contribution in [2.24, 2.45) is 10.7 Å². The van der Waals surface area contributed by atoms with Crippen molar-refractivity contribution < 1.29 is 8.42 Å². The van der Waals surface area contributed by atoms with Crippen LogP contribution in [0.4, 0.5) is 0 Å². The zero-order chi connectivity index (χ0) is 13.4. The zero-order valence-corrected chi connectivity index (χ0v) is 15.1. The topological polar surface area (TPSA) is 87.8 Å². The molecule has 1 aliphatic heterocycles. The highest BCUT2D eigenvalue weighted by Gasteiger charge is 2.11. The van der Waals surface area contributed by atoms with Gasteiger partial charge in [-0.3, -0.25) is 4.99 Å². The van der Waals surface area contributed by atoms with Crippen LogP contribution in [0.2, 0.25) is 0 Å². The van der Waals surface area contributed by atoms with Gasteiger partial charge in [0.15, 0.2) is 5.96 Å². The molecule has 9 heteroatoms. The van der Waals surface area contributed by atoms with Gasteiger partial charge >= 0.3 is 0 Å². The van der Waals surface area contributed by atoms with E-state index in [-0.39, 0.29) is 29.7 Å². The van der Waals surface area contributed by atoms with Gasteiger partial charge in [-0.1, -0.05) is 0 Å². The van der Waals surface area contributed by atoms with Crippen molar-refractivity contribution >= 4 is 51.7 Å². The highest BCUT2D eigenvalue weighted by atomic mass is 127. The Hall–Kier alpha value is 0.260. The molecule has 114 valence electrons. The minimum Gasteiger partial charge on any atom is -0.370 e. The van der Waals surface area contributed by atoms with Crippen molar-refractivity contribution in [3.63, 3.8) is 0 Å². The van der Waals surface area contributed by atoms with E-state index >= 15 is 0 Å². The first-order valence-electron chi connectivity index (χ1n) is 6.15. The maximum absolute atomic E-state index is 11.2. The quantitative estimate of drug-likeness (QED) is 0.278. The second kappa shape index (κ2) is 10.1. The van der Waals surface area contributed by atoms with Crippen LogP contribution in [0.5, 0.6) is 0 Å². The van der Waals surface area contributed by atoms with Gasteiger partial charge in [0, 0.05) is 37.7 Å². The summed E-state index contributed by atoms with van der Waals surface area (Å²) in [5, 5.41) is 0. The summed E-state index contributed by atoms with van der Waals surface area (Å²) in [6, 6.07) is 0. The molecule has 1 saturated heterocycles. The fraction of sp³-hybridized carbons (Fsp3) is 0.900. The average Bonchev–Trinajstić information content (AvgIpc) is 2.39. The Bertz CT molecular complexity index is 370. The van der Waals surface area contributed by atoms with Crippen LogP contribution in [-0.2, 0) is 10.0 Å². The number of hydrogen-bond donors (Lipinski definition) is 2. The summed E-state index contributed by atoms with van der Waals surface area (Å²) in [5.74, 6) is 2.87. The highest BCUT2D eigenvalue weighted by molar-refractivity contribution is 14.0. The normalized spacial score (nSPS) is 17.1. The molecule has 0 radical (unpaired) electrons. The van der Waals surface area contributed by atoms with Gasteiger partial charge in [-0.2, -0.15) is 11.8 Å². The van der Waals surface area contributed by atoms with Gasteiger partial charge in [0.25, 0.3) is 0 Å². The molecule has 19 heavy (non-hydrogen) atoms. The lowest BCUT2D eigenvalue weighted by molar-refractivity contribution is 0.455. The highest BCUT2D eigenvalue weighted by Crippen LogP contribution is 2.08. The first kappa shape index (κ1) is 19.3. The minimum atomic E-state index is -3.08. The van der Waals surface area contributed by atoms with Crippen LogP contribution in [0, 0.1) is 0 Å². The Kier molecular flexibility index (Phi) is 10.2. The molecule has 0 aromatic rings. The molecule has 0 aromatic heterocycles. The second-order valence-electron chi connectivity index (χ2n) is 3.99. The van der Waals surface area contributed by atoms with E-state index in [9.17, 15) is 8.42 Å². The Morgan fingerprint density at radius 1 is 1.42 bits per heavy atom. The van der Waals surface area contributed by atoms with Gasteiger partial charge in [0.1, 0.15) is 0 Å². The summed E-state index contributed by atoms with van der Waals surface area (Å²) >= 11 is 1.92. The third-order valence-electron chi connectivity index (χ3n) is 2.65. The van der Waals surface area contributed by atoms with Crippen LogP contribution >= 0.6 is 35.7 Å². The first-order valence-corrected chi connectivity index (χ1v) is 8.96. The molecule has 0 aliphatic carbocycles. The van der Waals surface area contributed by atoms with Gasteiger partial charge in [-0.05, 0) is 13.3 Å². The maximum Gasteiger partial charge on any atom is 0.211 e. The van der Waals surface area contributed by atoms with E-state index in [0.717, 1.165) is 24.6 Å². The summed E-state index contributed by atoms with van der Waals surface area (Å²) in [6.45, 7) is 4.49. The Labute approximate surface area is 137 Å². The van der Waals surface area contributed by atoms with E-state index in [2.05, 4.69) is 14.6 Å². The second-order valence-corrected chi connectivity index (χ2v) is 7.31. The maximum atomic E-state index is 11.2. The Morgan fingerprint density at radius 3 is 2.63 bits per heavy atom. The zero-order valence-electron chi connectivity index (χ0n) is 11.2. The fourth-order valence-corrected chi connectivity index (χ4v) is 3.06. The van der Waals surface area contributed by atoms with Crippen LogP contribution in [0.25, 0.3) is 0 Å². The number of halogens is 1. The Morgan fingerprint density at radius 2 is 2.05 bits per heavy atom. The van der Waals surface area contributed by atoms with Gasteiger partial charge in [-0.15, -0.1) is 24.0 Å². The molecule has 3 N–H and O–H groups in total. The lowest BCUT2D eigenvalue weighted by atomic mass is 10.4. The monoisotopic (exact) mass is 422 g/mol. The third-order valence-corrected chi connectivity index (χ3v) is 4.99. The molecule has 0 spiro atoms. The molecular formula is C10H23IN4O2S2. The van der Waals surface area contributed by atoms with E-state index in [4.69, 9.17) is 5.73 Å². The average molecular weight is 422 g/mol. The van der Waals surface area contributed by atoms with Crippen LogP contribution in [0.15, 0.2) is 4.99 Å². The third kappa shape index (κ3) is 8.20. The molecule has 0 aromatic carbocycles. The van der Waals surface area contributed by atoms with Crippen molar-refractivity contribution in [2.75, 3.05) is 43.4 Å². The van der Waals surface area contributed by atoms with Crippen molar-refractivity contribution in [2.45, 2.75) is 13.3 Å². The smallest absolute Gasteiger partial charge is 0.211 e. The predicted molar refractivity (Wildman–Crippen MR) is 92.9 cm³/mol. The molecule has 0 saturated carbocycles. The summed E-state index contributed by atoms with van der Waals surface area (Å²) in [4.78, 5) is 6.35. The van der Waals surface area contributed by atoms with E-state index < -0.39 is 10.0 Å². The molecule has 1 heterocycles. The van der Waals surface area contributed by atoms with Crippen molar-refractivity contribution in [1.82, 2.24) is 9.62 Å². The van der Waals surface area contributed by atoms with E-state index in [1.54, 1.807) is 6.92 Å². The number of thioether (sulfide) groups is 1. The largest absolute Gasteiger partial charge is 0.370 e.